The molecule has 1 aromatic carbocycles. The molecule has 0 bridgehead atoms. The van der Waals surface area contributed by atoms with Crippen molar-refractivity contribution in [3.05, 3.63) is 110 Å². The van der Waals surface area contributed by atoms with Gasteiger partial charge in [-0.25, -0.2) is 28.1 Å². The van der Waals surface area contributed by atoms with Gasteiger partial charge >= 0.3 is 47.5 Å². The summed E-state index contributed by atoms with van der Waals surface area (Å²) in [5.74, 6) is -1.82. The van der Waals surface area contributed by atoms with Crippen molar-refractivity contribution < 1.29 is 119 Å². The van der Waals surface area contributed by atoms with E-state index in [1.165, 1.54) is 51.5 Å². The van der Waals surface area contributed by atoms with Crippen molar-refractivity contribution in [3.63, 3.8) is 0 Å². The molecule has 34 heteroatoms. The summed E-state index contributed by atoms with van der Waals surface area (Å²) in [6.07, 6.45) is -5.61. The second kappa shape index (κ2) is 35.2. The maximum atomic E-state index is 15.3. The number of benzene rings is 1. The molecular formula is C55H76Cl3F3N9NaO16P2. The first kappa shape index (κ1) is 77.3. The number of amidine groups is 3. The minimum absolute atomic E-state index is 0. The number of aliphatic hydroxyl groups is 2. The van der Waals surface area contributed by atoms with Crippen molar-refractivity contribution in [1.82, 2.24) is 14.7 Å². The van der Waals surface area contributed by atoms with Crippen LogP contribution in [-0.2, 0) is 67.9 Å². The first-order chi connectivity index (χ1) is 41.6. The standard InChI is InChI=1S/C23H32ClFN3O7P2.C17H23ClFN3O5.C15H21ClFN3O4.Na/c1-3-31-12-18(32-11-17-7-5-4-6-8-17)13-33-37(30,36)34-15-23(14-24)21(29)20(25)22(35-23)28-10-9-19(26)27-16(28)2;1-4-12(23)25-9-17(8-18)15(26-13(24)5-2)14(19)16(27-17)22-7-6-11(20)21-10(22)3;1-8(2)14(22)23-7-15(6-16)12(21)11(17)13(24-15)20-5-4-10(18)19-9(20)3;/h4-10,18,20-22,29,36H,2-3,11-15H2,1H3,(H2-,26,27,30);6-7,14-16H,3-5,8-9H2,1-2H3,(H2,20,21);4-5,8,11-13,21H,3,6-7H2,1-2H3,(H2,18,19);/q-1;;;+1/t18?,20-,21+,22-,23-,37?;14-,15+,16-,17-;11-,12+,13-,15-;/m111./s1. The van der Waals surface area contributed by atoms with Crippen LogP contribution in [0.15, 0.2) is 119 Å². The van der Waals surface area contributed by atoms with E-state index < -0.39 is 110 Å². The molecule has 0 saturated carbocycles. The van der Waals surface area contributed by atoms with E-state index in [1.807, 2.05) is 37.3 Å². The molecule has 89 heavy (non-hydrogen) atoms. The van der Waals surface area contributed by atoms with Gasteiger partial charge in [0, 0.05) is 38.0 Å². The third kappa shape index (κ3) is 20.2. The maximum Gasteiger partial charge on any atom is 1.00 e. The Kier molecular flexibility index (Phi) is 30.6. The molecule has 6 aliphatic rings. The number of rotatable bonds is 26. The number of esters is 3. The van der Waals surface area contributed by atoms with E-state index in [4.69, 9.17) is 98.9 Å². The second-order valence-corrected chi connectivity index (χ2v) is 24.5. The minimum atomic E-state index is -3.89. The van der Waals surface area contributed by atoms with Crippen LogP contribution in [-0.4, -0.2) is 196 Å². The van der Waals surface area contributed by atoms with Crippen molar-refractivity contribution in [2.45, 2.75) is 132 Å². The van der Waals surface area contributed by atoms with Crippen LogP contribution >= 0.6 is 50.6 Å². The third-order valence-electron chi connectivity index (χ3n) is 13.7. The fourth-order valence-electron chi connectivity index (χ4n) is 8.70. The Bertz CT molecular complexity index is 2860. The minimum Gasteiger partial charge on any atom is -0.785 e. The summed E-state index contributed by atoms with van der Waals surface area (Å²) in [7, 11) is -0.872. The maximum absolute atomic E-state index is 15.3. The van der Waals surface area contributed by atoms with E-state index >= 15 is 8.78 Å². The van der Waals surface area contributed by atoms with Gasteiger partial charge in [0.15, 0.2) is 48.9 Å². The Morgan fingerprint density at radius 2 is 1.15 bits per heavy atom. The zero-order valence-electron chi connectivity index (χ0n) is 50.0. The van der Waals surface area contributed by atoms with E-state index in [0.717, 1.165) is 5.56 Å². The van der Waals surface area contributed by atoms with Crippen molar-refractivity contribution in [2.24, 2.45) is 38.1 Å². The Labute approximate surface area is 554 Å². The van der Waals surface area contributed by atoms with Gasteiger partial charge in [-0.05, 0) is 30.7 Å². The smallest absolute Gasteiger partial charge is 0.785 e. The Morgan fingerprint density at radius 3 is 1.57 bits per heavy atom. The Balaban J connectivity index is 0.000000292. The van der Waals surface area contributed by atoms with Gasteiger partial charge in [0.2, 0.25) is 0 Å². The summed E-state index contributed by atoms with van der Waals surface area (Å²) >= 11 is 18.0. The van der Waals surface area contributed by atoms with Gasteiger partial charge in [-0.2, -0.15) is 0 Å². The van der Waals surface area contributed by atoms with Gasteiger partial charge in [-0.3, -0.25) is 14.4 Å². The van der Waals surface area contributed by atoms with Gasteiger partial charge in [-0.15, -0.1) is 34.8 Å². The van der Waals surface area contributed by atoms with Gasteiger partial charge in [-0.1, -0.05) is 86.3 Å². The molecule has 0 spiro atoms. The van der Waals surface area contributed by atoms with E-state index in [2.05, 4.69) is 43.2 Å². The first-order valence-electron chi connectivity index (χ1n) is 27.5. The Hall–Kier alpha value is -4.13. The largest absolute Gasteiger partial charge is 1.00 e. The molecule has 2 unspecified atom stereocenters. The number of carbonyl (C=O) groups excluding carboxylic acids is 3. The van der Waals surface area contributed by atoms with Crippen LogP contribution in [0.2, 0.25) is 0 Å². The molecule has 8 N–H and O–H groups in total. The van der Waals surface area contributed by atoms with Gasteiger partial charge in [0.1, 0.15) is 77.7 Å². The fourth-order valence-corrected chi connectivity index (χ4v) is 10.8. The van der Waals surface area contributed by atoms with Gasteiger partial charge in [0.25, 0.3) is 0 Å². The molecule has 0 amide bonds. The SMILES string of the molecule is C=C1N=C(N)C=CN1[C@@H]1O[C@](CCl)(COC(=O)C(C)C)[C@@H](O)[C@H]1F.C=C1N=C(N)C=CN1[C@@H]1O[C@](CCl)(COC(=O)CC)[C@@H](OC(=O)CC)[C@H]1F.C=C1N=C(N)C=CN1[C@@H]1O[C@](CCl)(COP([O-])(=P)OCC(COCC)OCc2ccccc2)[C@@H](O)[C@H]1F.[Na+]. The molecule has 6 aliphatic heterocycles. The van der Waals surface area contributed by atoms with E-state index in [0.29, 0.717) is 13.2 Å². The van der Waals surface area contributed by atoms with E-state index in [1.54, 1.807) is 27.7 Å². The molecule has 0 aliphatic carbocycles. The number of halogens is 6. The summed E-state index contributed by atoms with van der Waals surface area (Å²) < 4.78 is 100. The number of aliphatic imine (C=N–C) groups is 3. The van der Waals surface area contributed by atoms with Crippen molar-refractivity contribution in [2.75, 3.05) is 57.3 Å². The summed E-state index contributed by atoms with van der Waals surface area (Å²) in [6, 6.07) is 9.52. The van der Waals surface area contributed by atoms with Crippen LogP contribution in [0.1, 0.15) is 53.0 Å². The number of alkyl halides is 6. The molecule has 490 valence electrons. The quantitative estimate of drug-likeness (QED) is 0.0291. The number of ether oxygens (including phenoxy) is 8. The molecule has 25 nitrogen and oxygen atoms in total. The fraction of sp³-hybridized carbons (Fsp3) is 0.564. The molecular weight excluding hydrogens is 1290 g/mol. The molecule has 6 heterocycles. The molecule has 7 rings (SSSR count). The van der Waals surface area contributed by atoms with Crippen LogP contribution in [0.4, 0.5) is 13.2 Å². The van der Waals surface area contributed by atoms with Crippen LogP contribution in [0.3, 0.4) is 0 Å². The molecule has 3 fully saturated rings. The van der Waals surface area contributed by atoms with Gasteiger partial charge < -0.3 is 93.9 Å². The summed E-state index contributed by atoms with van der Waals surface area (Å²) in [5, 5.41) is 20.9. The number of carbonyl (C=O) groups is 3. The second-order valence-electron chi connectivity index (χ2n) is 20.6. The predicted octanol–water partition coefficient (Wildman–Crippen LogP) is 1.98. The van der Waals surface area contributed by atoms with Crippen molar-refractivity contribution >= 4 is 86.0 Å². The van der Waals surface area contributed by atoms with Crippen LogP contribution in [0.5, 0.6) is 0 Å². The molecule has 1 aromatic rings. The monoisotopic (exact) mass is 1370 g/mol. The summed E-state index contributed by atoms with van der Waals surface area (Å²) in [5.41, 5.74) is 12.9. The average molecular weight is 1370 g/mol. The third-order valence-corrected chi connectivity index (χ3v) is 16.8. The number of aliphatic hydroxyl groups excluding tert-OH is 2. The number of hydrogen-bond acceptors (Lipinski definition) is 25. The number of hydrogen-bond donors (Lipinski definition) is 5. The van der Waals surface area contributed by atoms with Gasteiger partial charge in [0.05, 0.1) is 57.2 Å². The van der Waals surface area contributed by atoms with Crippen molar-refractivity contribution in [1.29, 1.82) is 0 Å². The summed E-state index contributed by atoms with van der Waals surface area (Å²) in [6.45, 7) is 19.1. The molecule has 3 saturated heterocycles. The van der Waals surface area contributed by atoms with E-state index in [-0.39, 0.29) is 127 Å². The zero-order chi connectivity index (χ0) is 65.3. The molecule has 0 radical (unpaired) electrons. The molecule has 0 aromatic heterocycles. The normalized spacial score (nSPS) is 29.8. The van der Waals surface area contributed by atoms with Crippen molar-refractivity contribution in [3.8, 4) is 0 Å². The Morgan fingerprint density at radius 1 is 0.708 bits per heavy atom. The van der Waals surface area contributed by atoms with Crippen LogP contribution in [0.25, 0.3) is 0 Å². The average Bonchev–Trinajstić information content (AvgIpc) is 2.14. The molecule has 14 atom stereocenters. The zero-order valence-corrected chi connectivity index (χ0v) is 56.2. The topological polar surface area (TPSA) is 332 Å². The predicted molar refractivity (Wildman–Crippen MR) is 323 cm³/mol. The van der Waals surface area contributed by atoms with Crippen LogP contribution in [0, 0.1) is 5.92 Å². The van der Waals surface area contributed by atoms with E-state index in [9.17, 15) is 33.9 Å². The number of nitrogens with zero attached hydrogens (tertiary/aromatic N) is 6. The number of nitrogens with two attached hydrogens (primary N) is 3. The first-order valence-corrected chi connectivity index (χ1v) is 32.0. The van der Waals surface area contributed by atoms with Crippen LogP contribution < -0.4 is 51.7 Å². The summed E-state index contributed by atoms with van der Waals surface area (Å²) in [4.78, 5) is 63.8.